The lowest BCUT2D eigenvalue weighted by Crippen LogP contribution is -2.31. The minimum Gasteiger partial charge on any atom is -0.465 e. The lowest BCUT2D eigenvalue weighted by molar-refractivity contribution is -0.149. The average Bonchev–Trinajstić information content (AvgIpc) is 2.97. The van der Waals surface area contributed by atoms with Gasteiger partial charge in [0.25, 0.3) is 0 Å². The highest BCUT2D eigenvalue weighted by molar-refractivity contribution is 7.71. The molecule has 0 bridgehead atoms. The van der Waals surface area contributed by atoms with E-state index in [-0.39, 0.29) is 22.2 Å². The van der Waals surface area contributed by atoms with Crippen LogP contribution in [0.15, 0.2) is 11.0 Å². The second-order valence-corrected chi connectivity index (χ2v) is 8.13. The molecule has 3 unspecified atom stereocenters. The van der Waals surface area contributed by atoms with Crippen molar-refractivity contribution in [2.24, 2.45) is 17.8 Å². The summed E-state index contributed by atoms with van der Waals surface area (Å²) in [5.74, 6) is 0.487. The summed E-state index contributed by atoms with van der Waals surface area (Å²) < 4.78 is 21.9. The minimum absolute atomic E-state index is 0.0356. The van der Waals surface area contributed by atoms with Crippen molar-refractivity contribution in [3.8, 4) is 0 Å². The van der Waals surface area contributed by atoms with E-state index in [1.54, 1.807) is 6.92 Å². The number of nitrogens with zero attached hydrogens (tertiary/aromatic N) is 2. The van der Waals surface area contributed by atoms with Crippen molar-refractivity contribution in [1.82, 2.24) is 9.13 Å². The molecule has 152 valence electrons. The molecule has 0 spiro atoms. The smallest absolute Gasteiger partial charge is 0.329 e. The predicted octanol–water partition coefficient (Wildman–Crippen LogP) is 4.32. The van der Waals surface area contributed by atoms with Crippen LogP contribution in [0.4, 0.5) is 4.39 Å². The molecule has 5 nitrogen and oxygen atoms in total. The first kappa shape index (κ1) is 21.8. The molecule has 1 heterocycles. The summed E-state index contributed by atoms with van der Waals surface area (Å²) in [7, 11) is 0. The van der Waals surface area contributed by atoms with Crippen molar-refractivity contribution in [3.63, 3.8) is 0 Å². The molecule has 0 N–H and O–H groups in total. The quantitative estimate of drug-likeness (QED) is 0.353. The van der Waals surface area contributed by atoms with Gasteiger partial charge in [0, 0.05) is 19.3 Å². The molecule has 7 heteroatoms. The molecule has 1 aromatic heterocycles. The van der Waals surface area contributed by atoms with E-state index in [1.807, 2.05) is 0 Å². The summed E-state index contributed by atoms with van der Waals surface area (Å²) in [6.07, 6.45) is 6.62. The number of unbranched alkanes of at least 4 members (excludes halogenated alkanes) is 3. The van der Waals surface area contributed by atoms with Crippen LogP contribution in [0.2, 0.25) is 0 Å². The molecule has 2 rings (SSSR count). The summed E-state index contributed by atoms with van der Waals surface area (Å²) in [6, 6.07) is 0. The second kappa shape index (κ2) is 10.2. The van der Waals surface area contributed by atoms with Crippen molar-refractivity contribution in [1.29, 1.82) is 0 Å². The van der Waals surface area contributed by atoms with Gasteiger partial charge in [-0.2, -0.15) is 0 Å². The van der Waals surface area contributed by atoms with Gasteiger partial charge in [0.05, 0.1) is 12.5 Å². The van der Waals surface area contributed by atoms with E-state index in [9.17, 15) is 14.0 Å². The van der Waals surface area contributed by atoms with Crippen LogP contribution in [-0.2, 0) is 22.6 Å². The molecule has 1 saturated carbocycles. The Bertz CT molecular complexity index is 759. The van der Waals surface area contributed by atoms with Gasteiger partial charge in [-0.1, -0.05) is 32.5 Å². The van der Waals surface area contributed by atoms with E-state index in [0.29, 0.717) is 31.5 Å². The Morgan fingerprint density at radius 2 is 1.96 bits per heavy atom. The Kier molecular flexibility index (Phi) is 8.20. The van der Waals surface area contributed by atoms with Gasteiger partial charge in [-0.3, -0.25) is 13.9 Å². The van der Waals surface area contributed by atoms with Crippen LogP contribution >= 0.6 is 12.2 Å². The molecule has 0 radical (unpaired) electrons. The van der Waals surface area contributed by atoms with Crippen LogP contribution in [0, 0.1) is 28.2 Å². The van der Waals surface area contributed by atoms with Crippen molar-refractivity contribution < 1.29 is 13.9 Å². The standard InChI is InChI=1S/C20H31FN2O3S/c1-4-23-18(27)17(21)13-22(20(23)25)9-7-5-6-8-10-26-19(24)16-12-14(2)11-15(16)3/h13-16H,4-12H2,1-3H3. The molecule has 1 aliphatic rings. The highest BCUT2D eigenvalue weighted by Crippen LogP contribution is 2.36. The normalized spacial score (nSPS) is 22.1. The summed E-state index contributed by atoms with van der Waals surface area (Å²) in [6.45, 7) is 7.36. The molecule has 0 amide bonds. The number of rotatable bonds is 9. The third kappa shape index (κ3) is 5.74. The number of aromatic nitrogens is 2. The maximum absolute atomic E-state index is 13.8. The molecule has 1 aliphatic carbocycles. The van der Waals surface area contributed by atoms with Crippen molar-refractivity contribution in [2.45, 2.75) is 72.4 Å². The molecular formula is C20H31FN2O3S. The topological polar surface area (TPSA) is 53.2 Å². The number of ether oxygens (including phenoxy) is 1. The Balaban J connectivity index is 1.67. The summed E-state index contributed by atoms with van der Waals surface area (Å²) in [5.41, 5.74) is -0.266. The second-order valence-electron chi connectivity index (χ2n) is 7.74. The number of carbonyl (C=O) groups excluding carboxylic acids is 1. The fraction of sp³-hybridized carbons (Fsp3) is 0.750. The lowest BCUT2D eigenvalue weighted by Gasteiger charge is -2.14. The first-order valence-corrected chi connectivity index (χ1v) is 10.4. The fourth-order valence-electron chi connectivity index (χ4n) is 3.96. The van der Waals surface area contributed by atoms with E-state index in [1.165, 1.54) is 15.3 Å². The number of esters is 1. The highest BCUT2D eigenvalue weighted by Gasteiger charge is 2.34. The first-order chi connectivity index (χ1) is 12.8. The van der Waals surface area contributed by atoms with Crippen molar-refractivity contribution in [2.75, 3.05) is 6.61 Å². The predicted molar refractivity (Wildman–Crippen MR) is 106 cm³/mol. The Morgan fingerprint density at radius 3 is 2.59 bits per heavy atom. The van der Waals surface area contributed by atoms with Crippen molar-refractivity contribution in [3.05, 3.63) is 27.1 Å². The summed E-state index contributed by atoms with van der Waals surface area (Å²) in [5, 5.41) is 0. The Hall–Kier alpha value is -1.50. The van der Waals surface area contributed by atoms with Crippen LogP contribution in [-0.4, -0.2) is 21.7 Å². The number of halogens is 1. The van der Waals surface area contributed by atoms with Crippen molar-refractivity contribution >= 4 is 18.2 Å². The lowest BCUT2D eigenvalue weighted by atomic mass is 9.99. The largest absolute Gasteiger partial charge is 0.465 e. The van der Waals surface area contributed by atoms with Gasteiger partial charge in [-0.05, 0) is 50.9 Å². The van der Waals surface area contributed by atoms with Gasteiger partial charge in [0.15, 0.2) is 5.82 Å². The van der Waals surface area contributed by atoms with E-state index >= 15 is 0 Å². The molecule has 0 aromatic carbocycles. The number of carbonyl (C=O) groups is 1. The molecule has 1 fully saturated rings. The molecule has 3 atom stereocenters. The van der Waals surface area contributed by atoms with E-state index in [4.69, 9.17) is 17.0 Å². The van der Waals surface area contributed by atoms with Gasteiger partial charge in [0.2, 0.25) is 0 Å². The zero-order valence-electron chi connectivity index (χ0n) is 16.6. The van der Waals surface area contributed by atoms with Gasteiger partial charge >= 0.3 is 11.7 Å². The molecule has 27 heavy (non-hydrogen) atoms. The van der Waals surface area contributed by atoms with E-state index in [2.05, 4.69) is 13.8 Å². The fourth-order valence-corrected chi connectivity index (χ4v) is 4.22. The SMILES string of the molecule is CCn1c(=S)c(F)cn(CCCCCCOC(=O)C2CC(C)CC2C)c1=O. The van der Waals surface area contributed by atoms with Crippen LogP contribution in [0.1, 0.15) is 59.3 Å². The Labute approximate surface area is 165 Å². The maximum atomic E-state index is 13.8. The number of hydrogen-bond donors (Lipinski definition) is 0. The van der Waals surface area contributed by atoms with Crippen LogP contribution in [0.3, 0.4) is 0 Å². The zero-order valence-corrected chi connectivity index (χ0v) is 17.4. The molecule has 0 aliphatic heterocycles. The monoisotopic (exact) mass is 398 g/mol. The summed E-state index contributed by atoms with van der Waals surface area (Å²) in [4.78, 5) is 24.4. The molecule has 1 aromatic rings. The van der Waals surface area contributed by atoms with Crippen LogP contribution in [0.5, 0.6) is 0 Å². The van der Waals surface area contributed by atoms with E-state index in [0.717, 1.165) is 38.5 Å². The van der Waals surface area contributed by atoms with Gasteiger partial charge in [-0.25, -0.2) is 9.18 Å². The number of aryl methyl sites for hydroxylation is 1. The third-order valence-corrected chi connectivity index (χ3v) is 5.88. The van der Waals surface area contributed by atoms with Crippen LogP contribution in [0.25, 0.3) is 0 Å². The zero-order chi connectivity index (χ0) is 20.0. The highest BCUT2D eigenvalue weighted by atomic mass is 32.1. The number of hydrogen-bond acceptors (Lipinski definition) is 4. The maximum Gasteiger partial charge on any atom is 0.329 e. The minimum atomic E-state index is -0.533. The Morgan fingerprint density at radius 1 is 1.26 bits per heavy atom. The average molecular weight is 399 g/mol. The van der Waals surface area contributed by atoms with Gasteiger partial charge < -0.3 is 4.74 Å². The van der Waals surface area contributed by atoms with E-state index < -0.39 is 5.82 Å². The molecular weight excluding hydrogens is 367 g/mol. The van der Waals surface area contributed by atoms with Gasteiger partial charge in [0.1, 0.15) is 4.64 Å². The third-order valence-electron chi connectivity index (χ3n) is 5.47. The van der Waals surface area contributed by atoms with Gasteiger partial charge in [-0.15, -0.1) is 0 Å². The van der Waals surface area contributed by atoms with Crippen LogP contribution < -0.4 is 5.69 Å². The summed E-state index contributed by atoms with van der Waals surface area (Å²) >= 11 is 4.93. The molecule has 0 saturated heterocycles. The first-order valence-electron chi connectivity index (χ1n) is 10.0.